The highest BCUT2D eigenvalue weighted by Gasteiger charge is 2.47. The third-order valence-corrected chi connectivity index (χ3v) is 4.81. The zero-order chi connectivity index (χ0) is 20.8. The number of carbonyl (C=O) groups is 4. The Bertz CT molecular complexity index is 657. The minimum absolute atomic E-state index is 0.145. The lowest BCUT2D eigenvalue weighted by Gasteiger charge is -2.27. The molecule has 2 N–H and O–H groups in total. The van der Waals surface area contributed by atoms with Crippen LogP contribution in [0, 0.1) is 17.2 Å². The summed E-state index contributed by atoms with van der Waals surface area (Å²) >= 11 is 0. The number of amides is 4. The summed E-state index contributed by atoms with van der Waals surface area (Å²) in [6.45, 7) is 7.56. The Morgan fingerprint density at radius 3 is 2.56 bits per heavy atom. The number of esters is 1. The molecule has 0 bridgehead atoms. The summed E-state index contributed by atoms with van der Waals surface area (Å²) in [5.74, 6) is -2.14. The van der Waals surface area contributed by atoms with Gasteiger partial charge in [-0.05, 0) is 26.2 Å². The van der Waals surface area contributed by atoms with Crippen molar-refractivity contribution < 1.29 is 23.9 Å². The second-order valence-electron chi connectivity index (χ2n) is 7.43. The average molecular weight is 380 g/mol. The van der Waals surface area contributed by atoms with Gasteiger partial charge in [0.25, 0.3) is 11.8 Å². The van der Waals surface area contributed by atoms with Crippen molar-refractivity contribution in [3.05, 3.63) is 0 Å². The first kappa shape index (κ1) is 22.4. The monoisotopic (exact) mass is 380 g/mol. The van der Waals surface area contributed by atoms with Crippen LogP contribution in [-0.4, -0.2) is 52.9 Å². The Kier molecular flexibility index (Phi) is 7.34. The van der Waals surface area contributed by atoms with Crippen molar-refractivity contribution in [1.82, 2.24) is 15.5 Å². The number of nitriles is 1. The van der Waals surface area contributed by atoms with Gasteiger partial charge in [-0.25, -0.2) is 4.79 Å². The summed E-state index contributed by atoms with van der Waals surface area (Å²) in [7, 11) is 0. The smallest absolute Gasteiger partial charge is 0.326 e. The predicted octanol–water partition coefficient (Wildman–Crippen LogP) is 1.08. The molecule has 9 heteroatoms. The summed E-state index contributed by atoms with van der Waals surface area (Å²) < 4.78 is 4.85. The molecule has 1 saturated heterocycles. The molecule has 4 amide bonds. The second-order valence-corrected chi connectivity index (χ2v) is 7.43. The predicted molar refractivity (Wildman–Crippen MR) is 96.1 cm³/mol. The molecule has 27 heavy (non-hydrogen) atoms. The normalized spacial score (nSPS) is 21.4. The highest BCUT2D eigenvalue weighted by molar-refractivity contribution is 6.08. The summed E-state index contributed by atoms with van der Waals surface area (Å²) in [4.78, 5) is 49.1. The van der Waals surface area contributed by atoms with Gasteiger partial charge in [0.1, 0.15) is 17.6 Å². The Labute approximate surface area is 159 Å². The van der Waals surface area contributed by atoms with E-state index in [4.69, 9.17) is 4.74 Å². The first-order valence-electron chi connectivity index (χ1n) is 9.01. The van der Waals surface area contributed by atoms with Crippen molar-refractivity contribution in [2.24, 2.45) is 5.92 Å². The molecule has 0 aromatic heterocycles. The number of carbonyl (C=O) groups excluding carboxylic acids is 4. The standard InChI is InChI=1S/C18H28N4O5/c1-6-7-8-17(4)15(25)22(16(26)21-17)9-14(24)27-10-13(23)20-18(5,11-19)12(2)3/h12H,6-10H2,1-5H3,(H,20,23)(H,21,26)/t17-,18-/m0/s1. The summed E-state index contributed by atoms with van der Waals surface area (Å²) in [6, 6.07) is 1.36. The first-order valence-corrected chi connectivity index (χ1v) is 9.01. The Balaban J connectivity index is 2.58. The number of hydrogen-bond acceptors (Lipinski definition) is 6. The van der Waals surface area contributed by atoms with E-state index in [2.05, 4.69) is 10.6 Å². The van der Waals surface area contributed by atoms with E-state index in [0.29, 0.717) is 6.42 Å². The fourth-order valence-electron chi connectivity index (χ4n) is 2.54. The van der Waals surface area contributed by atoms with Crippen molar-refractivity contribution in [2.45, 2.75) is 65.0 Å². The molecule has 0 aliphatic carbocycles. The van der Waals surface area contributed by atoms with Crippen LogP contribution in [0.3, 0.4) is 0 Å². The SMILES string of the molecule is CCCC[C@]1(C)NC(=O)N(CC(=O)OCC(=O)N[C@@](C)(C#N)C(C)C)C1=O. The highest BCUT2D eigenvalue weighted by Crippen LogP contribution is 2.23. The maximum absolute atomic E-state index is 12.4. The number of nitrogens with one attached hydrogen (secondary N) is 2. The van der Waals surface area contributed by atoms with Crippen LogP contribution in [0.2, 0.25) is 0 Å². The molecule has 1 rings (SSSR count). The van der Waals surface area contributed by atoms with Gasteiger partial charge in [-0.3, -0.25) is 19.3 Å². The molecule has 1 aliphatic heterocycles. The van der Waals surface area contributed by atoms with Crippen LogP contribution in [0.25, 0.3) is 0 Å². The maximum Gasteiger partial charge on any atom is 0.326 e. The molecule has 2 atom stereocenters. The molecule has 150 valence electrons. The molecule has 0 radical (unpaired) electrons. The zero-order valence-corrected chi connectivity index (χ0v) is 16.5. The van der Waals surface area contributed by atoms with Crippen LogP contribution >= 0.6 is 0 Å². The van der Waals surface area contributed by atoms with Gasteiger partial charge < -0.3 is 15.4 Å². The van der Waals surface area contributed by atoms with Crippen LogP contribution in [-0.2, 0) is 19.1 Å². The number of nitrogens with zero attached hydrogens (tertiary/aromatic N) is 2. The lowest BCUT2D eigenvalue weighted by Crippen LogP contribution is -2.50. The largest absolute Gasteiger partial charge is 0.454 e. The van der Waals surface area contributed by atoms with Gasteiger partial charge >= 0.3 is 12.0 Å². The molecule has 0 saturated carbocycles. The third kappa shape index (κ3) is 5.42. The first-order chi connectivity index (χ1) is 12.5. The van der Waals surface area contributed by atoms with Crippen LogP contribution in [0.5, 0.6) is 0 Å². The van der Waals surface area contributed by atoms with E-state index in [0.717, 1.165) is 17.7 Å². The fraction of sp³-hybridized carbons (Fsp3) is 0.722. The van der Waals surface area contributed by atoms with E-state index < -0.39 is 48.0 Å². The van der Waals surface area contributed by atoms with Crippen LogP contribution in [0.15, 0.2) is 0 Å². The molecule has 0 spiro atoms. The molecule has 1 aliphatic rings. The zero-order valence-electron chi connectivity index (χ0n) is 16.5. The van der Waals surface area contributed by atoms with Crippen molar-refractivity contribution in [2.75, 3.05) is 13.2 Å². The number of hydrogen-bond donors (Lipinski definition) is 2. The van der Waals surface area contributed by atoms with E-state index in [-0.39, 0.29) is 5.92 Å². The van der Waals surface area contributed by atoms with Gasteiger partial charge in [0.2, 0.25) is 0 Å². The highest BCUT2D eigenvalue weighted by atomic mass is 16.5. The van der Waals surface area contributed by atoms with E-state index >= 15 is 0 Å². The van der Waals surface area contributed by atoms with E-state index in [1.807, 2.05) is 13.0 Å². The maximum atomic E-state index is 12.4. The molecule has 9 nitrogen and oxygen atoms in total. The van der Waals surface area contributed by atoms with Crippen LogP contribution < -0.4 is 10.6 Å². The van der Waals surface area contributed by atoms with Crippen LogP contribution in [0.1, 0.15) is 53.9 Å². The topological polar surface area (TPSA) is 129 Å². The molecule has 1 heterocycles. The summed E-state index contributed by atoms with van der Waals surface area (Å²) in [6.07, 6.45) is 2.10. The van der Waals surface area contributed by atoms with Gasteiger partial charge in [0.15, 0.2) is 6.61 Å². The van der Waals surface area contributed by atoms with Gasteiger partial charge in [-0.2, -0.15) is 5.26 Å². The molecule has 0 aromatic carbocycles. The van der Waals surface area contributed by atoms with E-state index in [9.17, 15) is 24.4 Å². The van der Waals surface area contributed by atoms with E-state index in [1.54, 1.807) is 27.7 Å². The minimum atomic E-state index is -1.09. The number of ether oxygens (including phenoxy) is 1. The number of imide groups is 1. The summed E-state index contributed by atoms with van der Waals surface area (Å²) in [5, 5.41) is 14.3. The average Bonchev–Trinajstić information content (AvgIpc) is 2.81. The number of unbranched alkanes of at least 4 members (excludes halogenated alkanes) is 1. The Morgan fingerprint density at radius 2 is 2.04 bits per heavy atom. The van der Waals surface area contributed by atoms with Gasteiger partial charge in [-0.15, -0.1) is 0 Å². The molecule has 0 unspecified atom stereocenters. The molecular formula is C18H28N4O5. The van der Waals surface area contributed by atoms with Gasteiger partial charge in [0.05, 0.1) is 6.07 Å². The number of rotatable bonds is 9. The second kappa shape index (κ2) is 8.84. The minimum Gasteiger partial charge on any atom is -0.454 e. The van der Waals surface area contributed by atoms with Crippen molar-refractivity contribution >= 4 is 23.8 Å². The fourth-order valence-corrected chi connectivity index (χ4v) is 2.54. The lowest BCUT2D eigenvalue weighted by molar-refractivity contribution is -0.151. The molecule has 1 fully saturated rings. The van der Waals surface area contributed by atoms with Crippen LogP contribution in [0.4, 0.5) is 4.79 Å². The van der Waals surface area contributed by atoms with Crippen molar-refractivity contribution in [1.29, 1.82) is 5.26 Å². The van der Waals surface area contributed by atoms with Gasteiger partial charge in [-0.1, -0.05) is 33.6 Å². The third-order valence-electron chi connectivity index (χ3n) is 4.81. The molecule has 0 aromatic rings. The van der Waals surface area contributed by atoms with Crippen molar-refractivity contribution in [3.63, 3.8) is 0 Å². The quantitative estimate of drug-likeness (QED) is 0.455. The Hall–Kier alpha value is -2.63. The molecular weight excluding hydrogens is 352 g/mol. The Morgan fingerprint density at radius 1 is 1.41 bits per heavy atom. The summed E-state index contributed by atoms with van der Waals surface area (Å²) in [5.41, 5.74) is -2.12. The van der Waals surface area contributed by atoms with E-state index in [1.165, 1.54) is 0 Å². The van der Waals surface area contributed by atoms with Gasteiger partial charge in [0, 0.05) is 0 Å². The van der Waals surface area contributed by atoms with Crippen molar-refractivity contribution in [3.8, 4) is 6.07 Å². The lowest BCUT2D eigenvalue weighted by atomic mass is 9.90. The number of urea groups is 1.